The molecule has 1 aliphatic heterocycles. The van der Waals surface area contributed by atoms with Crippen molar-refractivity contribution in [3.63, 3.8) is 0 Å². The van der Waals surface area contributed by atoms with Crippen molar-refractivity contribution >= 4 is 6.01 Å². The summed E-state index contributed by atoms with van der Waals surface area (Å²) >= 11 is 0. The van der Waals surface area contributed by atoms with Crippen LogP contribution in [0.1, 0.15) is 38.3 Å². The van der Waals surface area contributed by atoms with E-state index in [-0.39, 0.29) is 0 Å². The van der Waals surface area contributed by atoms with E-state index in [2.05, 4.69) is 22.1 Å². The van der Waals surface area contributed by atoms with Gasteiger partial charge in [-0.15, -0.1) is 0 Å². The lowest BCUT2D eigenvalue weighted by molar-refractivity contribution is 0.484. The number of hydrogen-bond donors (Lipinski definition) is 1. The predicted molar refractivity (Wildman–Crippen MR) is 67.0 cm³/mol. The molecular formula is C13H21N3O. The highest BCUT2D eigenvalue weighted by Gasteiger charge is 2.39. The second-order valence-electron chi connectivity index (χ2n) is 5.28. The molecule has 0 spiro atoms. The van der Waals surface area contributed by atoms with E-state index in [0.29, 0.717) is 6.04 Å². The molecule has 0 radical (unpaired) electrons. The first kappa shape index (κ1) is 11.1. The van der Waals surface area contributed by atoms with Gasteiger partial charge in [0.2, 0.25) is 0 Å². The molecule has 17 heavy (non-hydrogen) atoms. The Labute approximate surface area is 102 Å². The second kappa shape index (κ2) is 4.69. The molecule has 1 saturated heterocycles. The van der Waals surface area contributed by atoms with Crippen LogP contribution in [-0.2, 0) is 6.54 Å². The van der Waals surface area contributed by atoms with Gasteiger partial charge in [-0.05, 0) is 38.1 Å². The van der Waals surface area contributed by atoms with Crippen molar-refractivity contribution in [2.45, 2.75) is 45.2 Å². The monoisotopic (exact) mass is 235 g/mol. The molecule has 1 aromatic rings. The molecule has 2 aliphatic rings. The van der Waals surface area contributed by atoms with E-state index in [1.165, 1.54) is 19.3 Å². The maximum absolute atomic E-state index is 5.61. The number of nitrogens with zero attached hydrogens (tertiary/aromatic N) is 2. The van der Waals surface area contributed by atoms with E-state index < -0.39 is 0 Å². The summed E-state index contributed by atoms with van der Waals surface area (Å²) in [5, 5.41) is 3.35. The highest BCUT2D eigenvalue weighted by atomic mass is 16.4. The number of rotatable bonds is 5. The summed E-state index contributed by atoms with van der Waals surface area (Å²) in [6, 6.07) is 1.53. The van der Waals surface area contributed by atoms with Crippen LogP contribution in [0, 0.1) is 5.92 Å². The first-order chi connectivity index (χ1) is 8.36. The van der Waals surface area contributed by atoms with Gasteiger partial charge in [-0.3, -0.25) is 0 Å². The molecule has 2 heterocycles. The van der Waals surface area contributed by atoms with Crippen molar-refractivity contribution in [2.75, 3.05) is 18.0 Å². The van der Waals surface area contributed by atoms with Crippen LogP contribution < -0.4 is 10.2 Å². The Morgan fingerprint density at radius 3 is 3.18 bits per heavy atom. The van der Waals surface area contributed by atoms with Gasteiger partial charge < -0.3 is 14.6 Å². The van der Waals surface area contributed by atoms with E-state index >= 15 is 0 Å². The lowest BCUT2D eigenvalue weighted by Crippen LogP contribution is -2.32. The maximum Gasteiger partial charge on any atom is 0.297 e. The molecule has 1 saturated carbocycles. The van der Waals surface area contributed by atoms with Crippen molar-refractivity contribution in [1.29, 1.82) is 0 Å². The molecule has 1 N–H and O–H groups in total. The third-order valence-corrected chi connectivity index (χ3v) is 3.93. The number of nitrogens with one attached hydrogen (secondary N) is 1. The van der Waals surface area contributed by atoms with Crippen LogP contribution in [0.4, 0.5) is 6.01 Å². The molecule has 3 rings (SSSR count). The van der Waals surface area contributed by atoms with E-state index in [1.54, 1.807) is 6.26 Å². The average Bonchev–Trinajstić information content (AvgIpc) is 3.04. The Hall–Kier alpha value is -1.03. The number of aromatic nitrogens is 1. The number of oxazole rings is 1. The Morgan fingerprint density at radius 1 is 1.53 bits per heavy atom. The number of fused-ring (bicyclic) bond motifs is 2. The molecular weight excluding hydrogens is 214 g/mol. The lowest BCUT2D eigenvalue weighted by Gasteiger charge is -2.24. The highest BCUT2D eigenvalue weighted by Crippen LogP contribution is 2.39. The van der Waals surface area contributed by atoms with Crippen LogP contribution >= 0.6 is 0 Å². The summed E-state index contributed by atoms with van der Waals surface area (Å²) in [5.41, 5.74) is 1.02. The molecule has 0 aromatic carbocycles. The standard InChI is InChI=1S/C13H21N3O/c1-2-5-14-7-11-9-17-13(15-11)16-8-10-3-4-12(16)6-10/h9-10,12,14H,2-8H2,1H3. The first-order valence-corrected chi connectivity index (χ1v) is 6.78. The average molecular weight is 235 g/mol. The van der Waals surface area contributed by atoms with E-state index in [1.807, 2.05) is 0 Å². The molecule has 2 bridgehead atoms. The minimum Gasteiger partial charge on any atom is -0.432 e. The molecule has 2 fully saturated rings. The number of anilines is 1. The Bertz CT molecular complexity index is 376. The summed E-state index contributed by atoms with van der Waals surface area (Å²) < 4.78 is 5.61. The zero-order valence-electron chi connectivity index (χ0n) is 10.5. The summed E-state index contributed by atoms with van der Waals surface area (Å²) in [5.74, 6) is 0.883. The van der Waals surface area contributed by atoms with Crippen molar-refractivity contribution < 1.29 is 4.42 Å². The third-order valence-electron chi connectivity index (χ3n) is 3.93. The van der Waals surface area contributed by atoms with E-state index in [0.717, 1.165) is 43.7 Å². The highest BCUT2D eigenvalue weighted by molar-refractivity contribution is 5.33. The quantitative estimate of drug-likeness (QED) is 0.794. The molecule has 0 amide bonds. The molecule has 2 atom stereocenters. The van der Waals surface area contributed by atoms with Crippen molar-refractivity contribution in [3.05, 3.63) is 12.0 Å². The van der Waals surface area contributed by atoms with Crippen molar-refractivity contribution in [1.82, 2.24) is 10.3 Å². The minimum absolute atomic E-state index is 0.690. The lowest BCUT2D eigenvalue weighted by atomic mass is 10.1. The van der Waals surface area contributed by atoms with E-state index in [9.17, 15) is 0 Å². The molecule has 4 nitrogen and oxygen atoms in total. The summed E-state index contributed by atoms with van der Waals surface area (Å²) in [6.45, 7) is 5.17. The van der Waals surface area contributed by atoms with Crippen LogP contribution in [0.2, 0.25) is 0 Å². The molecule has 4 heteroatoms. The van der Waals surface area contributed by atoms with Crippen molar-refractivity contribution in [3.8, 4) is 0 Å². The Balaban J connectivity index is 1.60. The van der Waals surface area contributed by atoms with Crippen LogP contribution in [0.15, 0.2) is 10.7 Å². The Kier molecular flexibility index (Phi) is 3.05. The fourth-order valence-electron chi connectivity index (χ4n) is 3.06. The normalized spacial score (nSPS) is 27.0. The fourth-order valence-corrected chi connectivity index (χ4v) is 3.06. The topological polar surface area (TPSA) is 41.3 Å². The van der Waals surface area contributed by atoms with Crippen LogP contribution in [0.25, 0.3) is 0 Å². The molecule has 1 aromatic heterocycles. The molecule has 1 aliphatic carbocycles. The fraction of sp³-hybridized carbons (Fsp3) is 0.769. The third kappa shape index (κ3) is 2.18. The predicted octanol–water partition coefficient (Wildman–Crippen LogP) is 2.16. The van der Waals surface area contributed by atoms with E-state index in [4.69, 9.17) is 4.42 Å². The largest absolute Gasteiger partial charge is 0.432 e. The van der Waals surface area contributed by atoms with Gasteiger partial charge in [-0.1, -0.05) is 6.92 Å². The molecule has 94 valence electrons. The number of piperidine rings is 1. The van der Waals surface area contributed by atoms with Crippen LogP contribution in [0.5, 0.6) is 0 Å². The Morgan fingerprint density at radius 2 is 2.47 bits per heavy atom. The van der Waals surface area contributed by atoms with Gasteiger partial charge in [-0.25, -0.2) is 0 Å². The SMILES string of the molecule is CCCNCc1coc(N2CC3CCC2C3)n1. The van der Waals surface area contributed by atoms with Gasteiger partial charge in [0, 0.05) is 19.1 Å². The zero-order valence-corrected chi connectivity index (χ0v) is 10.5. The summed E-state index contributed by atoms with van der Waals surface area (Å²) in [7, 11) is 0. The van der Waals surface area contributed by atoms with Gasteiger partial charge in [0.1, 0.15) is 6.26 Å². The zero-order chi connectivity index (χ0) is 11.7. The van der Waals surface area contributed by atoms with Crippen LogP contribution in [-0.4, -0.2) is 24.1 Å². The second-order valence-corrected chi connectivity index (χ2v) is 5.28. The molecule has 2 unspecified atom stereocenters. The number of hydrogen-bond acceptors (Lipinski definition) is 4. The van der Waals surface area contributed by atoms with Gasteiger partial charge in [0.15, 0.2) is 0 Å². The van der Waals surface area contributed by atoms with Crippen LogP contribution in [0.3, 0.4) is 0 Å². The first-order valence-electron chi connectivity index (χ1n) is 6.78. The maximum atomic E-state index is 5.61. The van der Waals surface area contributed by atoms with Gasteiger partial charge in [0.05, 0.1) is 5.69 Å². The van der Waals surface area contributed by atoms with Crippen molar-refractivity contribution in [2.24, 2.45) is 5.92 Å². The summed E-state index contributed by atoms with van der Waals surface area (Å²) in [4.78, 5) is 6.94. The van der Waals surface area contributed by atoms with Gasteiger partial charge >= 0.3 is 0 Å². The smallest absolute Gasteiger partial charge is 0.297 e. The van der Waals surface area contributed by atoms with Gasteiger partial charge in [0.25, 0.3) is 6.01 Å². The summed E-state index contributed by atoms with van der Waals surface area (Å²) in [6.07, 6.45) is 7.00. The minimum atomic E-state index is 0.690. The van der Waals surface area contributed by atoms with Gasteiger partial charge in [-0.2, -0.15) is 4.98 Å².